The molecule has 210 valence electrons. The second kappa shape index (κ2) is 12.3. The molecule has 0 radical (unpaired) electrons. The Hall–Kier alpha value is -4.20. The second-order valence-corrected chi connectivity index (χ2v) is 11.0. The van der Waals surface area contributed by atoms with E-state index in [1.807, 2.05) is 56.3 Å². The van der Waals surface area contributed by atoms with Crippen molar-refractivity contribution in [2.45, 2.75) is 52.6 Å². The van der Waals surface area contributed by atoms with Crippen molar-refractivity contribution >= 4 is 30.1 Å². The molecule has 2 aromatic carbocycles. The van der Waals surface area contributed by atoms with Crippen LogP contribution in [0.2, 0.25) is 0 Å². The third kappa shape index (κ3) is 6.50. The Bertz CT molecular complexity index is 1290. The first-order valence-corrected chi connectivity index (χ1v) is 13.6. The second-order valence-electron chi connectivity index (χ2n) is 11.0. The lowest BCUT2D eigenvalue weighted by atomic mass is 9.78. The van der Waals surface area contributed by atoms with Gasteiger partial charge in [0.25, 0.3) is 0 Å². The molecule has 0 aliphatic carbocycles. The molecule has 0 saturated carbocycles. The summed E-state index contributed by atoms with van der Waals surface area (Å²) in [4.78, 5) is 53.3. The summed E-state index contributed by atoms with van der Waals surface area (Å²) in [6.07, 6.45) is 7.29. The van der Waals surface area contributed by atoms with Gasteiger partial charge in [0.05, 0.1) is 10.8 Å². The highest BCUT2D eigenvalue weighted by molar-refractivity contribution is 5.97. The van der Waals surface area contributed by atoms with Crippen LogP contribution >= 0.6 is 0 Å². The molecule has 2 aliphatic heterocycles. The first-order chi connectivity index (χ1) is 19.1. The van der Waals surface area contributed by atoms with E-state index in [9.17, 15) is 19.2 Å². The number of amides is 4. The molecule has 2 heterocycles. The predicted molar refractivity (Wildman–Crippen MR) is 151 cm³/mol. The lowest BCUT2D eigenvalue weighted by molar-refractivity contribution is -0.142. The van der Waals surface area contributed by atoms with Crippen molar-refractivity contribution in [1.29, 1.82) is 0 Å². The van der Waals surface area contributed by atoms with Gasteiger partial charge in [0, 0.05) is 13.1 Å². The van der Waals surface area contributed by atoms with Crippen LogP contribution in [-0.2, 0) is 20.9 Å². The number of rotatable bonds is 8. The zero-order valence-electron chi connectivity index (χ0n) is 23.1. The Morgan fingerprint density at radius 1 is 0.875 bits per heavy atom. The number of para-hydroxylation sites is 1. The number of ether oxygens (including phenoxy) is 2. The number of carbonyl (C=O) groups excluding carboxylic acids is 4. The molecule has 0 N–H and O–H groups in total. The van der Waals surface area contributed by atoms with E-state index in [4.69, 9.17) is 9.47 Å². The SMILES string of the molecule is C=CC[C@]1(C)CCN(C(=O)OCc2ccc(/C=C/C[C@]3(C)CCCN(C(=O)Oc4ccccc4)C3=O)cc2)C1=O. The van der Waals surface area contributed by atoms with E-state index in [0.717, 1.165) is 11.1 Å². The van der Waals surface area contributed by atoms with Crippen LogP contribution in [0.15, 0.2) is 73.3 Å². The van der Waals surface area contributed by atoms with Crippen LogP contribution in [0.5, 0.6) is 5.75 Å². The topological polar surface area (TPSA) is 93.2 Å². The third-order valence-electron chi connectivity index (χ3n) is 7.73. The number of hydrogen-bond acceptors (Lipinski definition) is 6. The fourth-order valence-corrected chi connectivity index (χ4v) is 5.15. The summed E-state index contributed by atoms with van der Waals surface area (Å²) >= 11 is 0. The van der Waals surface area contributed by atoms with E-state index < -0.39 is 23.0 Å². The van der Waals surface area contributed by atoms with Gasteiger partial charge in [0.2, 0.25) is 11.8 Å². The first kappa shape index (κ1) is 28.8. The zero-order valence-corrected chi connectivity index (χ0v) is 23.1. The van der Waals surface area contributed by atoms with Crippen molar-refractivity contribution in [3.8, 4) is 5.75 Å². The predicted octanol–water partition coefficient (Wildman–Crippen LogP) is 6.37. The largest absolute Gasteiger partial charge is 0.444 e. The van der Waals surface area contributed by atoms with Crippen molar-refractivity contribution in [3.05, 3.63) is 84.5 Å². The molecule has 2 aliphatic rings. The van der Waals surface area contributed by atoms with Gasteiger partial charge in [-0.1, -0.05) is 74.5 Å². The molecular formula is C32H36N2O6. The molecule has 0 aromatic heterocycles. The van der Waals surface area contributed by atoms with Gasteiger partial charge in [-0.2, -0.15) is 0 Å². The number of nitrogens with zero attached hydrogens (tertiary/aromatic N) is 2. The van der Waals surface area contributed by atoms with E-state index in [1.165, 1.54) is 9.80 Å². The number of benzene rings is 2. The minimum atomic E-state index is -0.701. The highest BCUT2D eigenvalue weighted by atomic mass is 16.6. The highest BCUT2D eigenvalue weighted by Gasteiger charge is 2.45. The minimum Gasteiger partial charge on any atom is -0.444 e. The molecule has 0 bridgehead atoms. The van der Waals surface area contributed by atoms with Gasteiger partial charge in [0.15, 0.2) is 0 Å². The maximum Gasteiger partial charge on any atom is 0.421 e. The molecule has 2 fully saturated rings. The number of piperidine rings is 1. The fraction of sp³-hybridized carbons (Fsp3) is 0.375. The lowest BCUT2D eigenvalue weighted by Crippen LogP contribution is -2.50. The number of imide groups is 2. The van der Waals surface area contributed by atoms with Crippen molar-refractivity contribution in [1.82, 2.24) is 9.80 Å². The summed E-state index contributed by atoms with van der Waals surface area (Å²) in [5.74, 6) is -0.0521. The molecule has 8 nitrogen and oxygen atoms in total. The Morgan fingerprint density at radius 3 is 2.20 bits per heavy atom. The Labute approximate surface area is 235 Å². The van der Waals surface area contributed by atoms with Gasteiger partial charge in [-0.05, 0) is 55.4 Å². The molecule has 2 atom stereocenters. The van der Waals surface area contributed by atoms with Gasteiger partial charge in [-0.25, -0.2) is 19.4 Å². The number of likely N-dealkylation sites (tertiary alicyclic amines) is 2. The average Bonchev–Trinajstić information content (AvgIpc) is 3.24. The number of hydrogen-bond donors (Lipinski definition) is 0. The molecule has 40 heavy (non-hydrogen) atoms. The molecule has 0 spiro atoms. The molecule has 2 aromatic rings. The van der Waals surface area contributed by atoms with E-state index in [1.54, 1.807) is 30.3 Å². The number of allylic oxidation sites excluding steroid dienone is 2. The van der Waals surface area contributed by atoms with Gasteiger partial charge in [-0.3, -0.25) is 9.59 Å². The van der Waals surface area contributed by atoms with Crippen LogP contribution in [0.25, 0.3) is 6.08 Å². The summed E-state index contributed by atoms with van der Waals surface area (Å²) in [6, 6.07) is 16.2. The quantitative estimate of drug-likeness (QED) is 0.359. The summed E-state index contributed by atoms with van der Waals surface area (Å²) < 4.78 is 10.8. The molecule has 4 rings (SSSR count). The standard InChI is InChI=1S/C32H36N2O6/c1-4-17-31(2)20-22-34(27(31)35)29(37)39-23-25-15-13-24(14-16-25)10-8-18-32(3)19-9-21-33(28(32)36)30(38)40-26-11-6-5-7-12-26/h4-8,10-16H,1,9,17-23H2,2-3H3/b10-8+/t31-,32-/m1/s1. The third-order valence-corrected chi connectivity index (χ3v) is 7.73. The molecule has 2 saturated heterocycles. The van der Waals surface area contributed by atoms with Crippen molar-refractivity contribution in [2.24, 2.45) is 10.8 Å². The van der Waals surface area contributed by atoms with Crippen molar-refractivity contribution in [2.75, 3.05) is 13.1 Å². The van der Waals surface area contributed by atoms with E-state index >= 15 is 0 Å². The fourth-order valence-electron chi connectivity index (χ4n) is 5.15. The first-order valence-electron chi connectivity index (χ1n) is 13.6. The van der Waals surface area contributed by atoms with E-state index in [0.29, 0.717) is 50.9 Å². The molecule has 8 heteroatoms. The Kier molecular flexibility index (Phi) is 8.87. The van der Waals surface area contributed by atoms with E-state index in [-0.39, 0.29) is 18.4 Å². The molecular weight excluding hydrogens is 508 g/mol. The molecule has 4 amide bonds. The van der Waals surface area contributed by atoms with Crippen LogP contribution in [0, 0.1) is 10.8 Å². The zero-order chi connectivity index (χ0) is 28.8. The summed E-state index contributed by atoms with van der Waals surface area (Å²) in [5, 5.41) is 0. The van der Waals surface area contributed by atoms with Crippen LogP contribution in [0.4, 0.5) is 9.59 Å². The van der Waals surface area contributed by atoms with Gasteiger partial charge < -0.3 is 9.47 Å². The van der Waals surface area contributed by atoms with Gasteiger partial charge in [0.1, 0.15) is 12.4 Å². The summed E-state index contributed by atoms with van der Waals surface area (Å²) in [5.41, 5.74) is 0.427. The minimum absolute atomic E-state index is 0.0618. The normalized spacial score (nSPS) is 22.9. The number of carbonyl (C=O) groups is 4. The Balaban J connectivity index is 1.28. The smallest absolute Gasteiger partial charge is 0.421 e. The average molecular weight is 545 g/mol. The van der Waals surface area contributed by atoms with Crippen LogP contribution in [-0.4, -0.2) is 46.9 Å². The van der Waals surface area contributed by atoms with Crippen molar-refractivity contribution < 1.29 is 28.7 Å². The van der Waals surface area contributed by atoms with Gasteiger partial charge >= 0.3 is 12.2 Å². The maximum absolute atomic E-state index is 13.2. The highest BCUT2D eigenvalue weighted by Crippen LogP contribution is 2.36. The lowest BCUT2D eigenvalue weighted by Gasteiger charge is -2.37. The van der Waals surface area contributed by atoms with Crippen LogP contribution in [0.3, 0.4) is 0 Å². The maximum atomic E-state index is 13.2. The summed E-state index contributed by atoms with van der Waals surface area (Å²) in [7, 11) is 0. The molecule has 0 unspecified atom stereocenters. The Morgan fingerprint density at radius 2 is 1.52 bits per heavy atom. The summed E-state index contributed by atoms with van der Waals surface area (Å²) in [6.45, 7) is 8.18. The van der Waals surface area contributed by atoms with Crippen LogP contribution in [0.1, 0.15) is 57.1 Å². The van der Waals surface area contributed by atoms with Crippen molar-refractivity contribution in [3.63, 3.8) is 0 Å². The van der Waals surface area contributed by atoms with Gasteiger partial charge in [-0.15, -0.1) is 6.58 Å². The monoisotopic (exact) mass is 544 g/mol. The van der Waals surface area contributed by atoms with Crippen LogP contribution < -0.4 is 4.74 Å². The van der Waals surface area contributed by atoms with E-state index in [2.05, 4.69) is 6.58 Å².